The number of carbonyl (C=O) groups is 1. The summed E-state index contributed by atoms with van der Waals surface area (Å²) in [6.45, 7) is 1.95. The number of carbonyl (C=O) groups excluding carboxylic acids is 1. The fourth-order valence-corrected chi connectivity index (χ4v) is 2.09. The summed E-state index contributed by atoms with van der Waals surface area (Å²) in [4.78, 5) is 16.0. The highest BCUT2D eigenvalue weighted by molar-refractivity contribution is 7.13. The van der Waals surface area contributed by atoms with Gasteiger partial charge in [0.05, 0.1) is 11.4 Å². The van der Waals surface area contributed by atoms with Crippen LogP contribution in [0.25, 0.3) is 0 Å². The number of hydrogen-bond acceptors (Lipinski definition) is 5. The van der Waals surface area contributed by atoms with Gasteiger partial charge in [0.15, 0.2) is 5.13 Å². The van der Waals surface area contributed by atoms with Crippen molar-refractivity contribution in [3.05, 3.63) is 23.0 Å². The number of anilines is 2. The number of aryl methyl sites for hydroxylation is 2. The quantitative estimate of drug-likeness (QED) is 0.860. The van der Waals surface area contributed by atoms with Gasteiger partial charge in [-0.05, 0) is 6.42 Å². The Labute approximate surface area is 102 Å². The van der Waals surface area contributed by atoms with Crippen LogP contribution in [0.4, 0.5) is 10.8 Å². The SMILES string of the molecule is CCc1nn(C)c(C(=O)Nc2nccs2)c1N. The Morgan fingerprint density at radius 2 is 2.41 bits per heavy atom. The maximum atomic E-state index is 12.0. The number of nitrogen functional groups attached to an aromatic ring is 1. The minimum absolute atomic E-state index is 0.285. The van der Waals surface area contributed by atoms with Crippen LogP contribution in [0.15, 0.2) is 11.6 Å². The molecule has 2 heterocycles. The highest BCUT2D eigenvalue weighted by atomic mass is 32.1. The first-order valence-corrected chi connectivity index (χ1v) is 6.03. The molecule has 90 valence electrons. The first kappa shape index (κ1) is 11.6. The third-order valence-corrected chi connectivity index (χ3v) is 3.05. The monoisotopic (exact) mass is 251 g/mol. The molecule has 0 atom stereocenters. The van der Waals surface area contributed by atoms with Gasteiger partial charge in [-0.1, -0.05) is 6.92 Å². The van der Waals surface area contributed by atoms with E-state index < -0.39 is 0 Å². The molecular weight excluding hydrogens is 238 g/mol. The molecule has 0 fully saturated rings. The van der Waals surface area contributed by atoms with Gasteiger partial charge >= 0.3 is 0 Å². The Kier molecular flexibility index (Phi) is 3.10. The van der Waals surface area contributed by atoms with Crippen LogP contribution < -0.4 is 11.1 Å². The van der Waals surface area contributed by atoms with Crippen molar-refractivity contribution in [1.29, 1.82) is 0 Å². The number of thiazole rings is 1. The van der Waals surface area contributed by atoms with Crippen molar-refractivity contribution in [3.8, 4) is 0 Å². The predicted molar refractivity (Wildman–Crippen MR) is 67.1 cm³/mol. The molecular formula is C10H13N5OS. The van der Waals surface area contributed by atoms with E-state index in [-0.39, 0.29) is 5.91 Å². The summed E-state index contributed by atoms with van der Waals surface area (Å²) < 4.78 is 1.50. The van der Waals surface area contributed by atoms with Gasteiger partial charge in [0.2, 0.25) is 0 Å². The van der Waals surface area contributed by atoms with Gasteiger partial charge in [0.1, 0.15) is 5.69 Å². The molecule has 2 aromatic rings. The maximum Gasteiger partial charge on any atom is 0.277 e. The minimum atomic E-state index is -0.285. The number of rotatable bonds is 3. The maximum absolute atomic E-state index is 12.0. The largest absolute Gasteiger partial charge is 0.395 e. The molecule has 3 N–H and O–H groups in total. The van der Waals surface area contributed by atoms with Crippen LogP contribution in [0.2, 0.25) is 0 Å². The van der Waals surface area contributed by atoms with E-state index in [2.05, 4.69) is 15.4 Å². The third-order valence-electron chi connectivity index (χ3n) is 2.36. The lowest BCUT2D eigenvalue weighted by molar-refractivity contribution is 0.101. The number of amides is 1. The minimum Gasteiger partial charge on any atom is -0.395 e. The Balaban J connectivity index is 2.28. The molecule has 7 heteroatoms. The van der Waals surface area contributed by atoms with Crippen molar-refractivity contribution in [3.63, 3.8) is 0 Å². The van der Waals surface area contributed by atoms with E-state index in [1.54, 1.807) is 18.6 Å². The van der Waals surface area contributed by atoms with Crippen LogP contribution >= 0.6 is 11.3 Å². The molecule has 1 amide bonds. The van der Waals surface area contributed by atoms with Gasteiger partial charge < -0.3 is 5.73 Å². The van der Waals surface area contributed by atoms with Crippen molar-refractivity contribution in [1.82, 2.24) is 14.8 Å². The van der Waals surface area contributed by atoms with E-state index in [1.807, 2.05) is 6.92 Å². The second-order valence-electron chi connectivity index (χ2n) is 3.48. The highest BCUT2D eigenvalue weighted by Crippen LogP contribution is 2.19. The van der Waals surface area contributed by atoms with Gasteiger partial charge in [0, 0.05) is 18.6 Å². The van der Waals surface area contributed by atoms with E-state index in [1.165, 1.54) is 16.0 Å². The summed E-state index contributed by atoms with van der Waals surface area (Å²) >= 11 is 1.36. The topological polar surface area (TPSA) is 85.8 Å². The lowest BCUT2D eigenvalue weighted by atomic mass is 10.2. The molecule has 6 nitrogen and oxygen atoms in total. The van der Waals surface area contributed by atoms with Gasteiger partial charge in [-0.15, -0.1) is 11.3 Å². The number of hydrogen-bond donors (Lipinski definition) is 2. The van der Waals surface area contributed by atoms with Crippen LogP contribution in [0.1, 0.15) is 23.1 Å². The van der Waals surface area contributed by atoms with Crippen LogP contribution in [0, 0.1) is 0 Å². The van der Waals surface area contributed by atoms with E-state index in [0.717, 1.165) is 5.69 Å². The van der Waals surface area contributed by atoms with Crippen molar-refractivity contribution in [2.75, 3.05) is 11.1 Å². The van der Waals surface area contributed by atoms with Gasteiger partial charge in [-0.3, -0.25) is 14.8 Å². The number of nitrogens with two attached hydrogens (primary N) is 1. The van der Waals surface area contributed by atoms with Gasteiger partial charge in [-0.2, -0.15) is 5.10 Å². The second kappa shape index (κ2) is 4.54. The van der Waals surface area contributed by atoms with E-state index in [4.69, 9.17) is 5.73 Å². The molecule has 0 aliphatic rings. The van der Waals surface area contributed by atoms with Crippen LogP contribution in [0.3, 0.4) is 0 Å². The van der Waals surface area contributed by atoms with Gasteiger partial charge in [0.25, 0.3) is 5.91 Å². The molecule has 0 aromatic carbocycles. The number of aromatic nitrogens is 3. The smallest absolute Gasteiger partial charge is 0.277 e. The molecule has 0 aliphatic carbocycles. The molecule has 0 saturated heterocycles. The second-order valence-corrected chi connectivity index (χ2v) is 4.37. The summed E-state index contributed by atoms with van der Waals surface area (Å²) in [6, 6.07) is 0. The van der Waals surface area contributed by atoms with Crippen LogP contribution in [0.5, 0.6) is 0 Å². The zero-order valence-electron chi connectivity index (χ0n) is 9.60. The lowest BCUT2D eigenvalue weighted by Gasteiger charge is -2.02. The van der Waals surface area contributed by atoms with Crippen molar-refractivity contribution < 1.29 is 4.79 Å². The first-order valence-electron chi connectivity index (χ1n) is 5.15. The van der Waals surface area contributed by atoms with Crippen molar-refractivity contribution in [2.45, 2.75) is 13.3 Å². The van der Waals surface area contributed by atoms with Gasteiger partial charge in [-0.25, -0.2) is 4.98 Å². The summed E-state index contributed by atoms with van der Waals surface area (Å²) in [5, 5.41) is 9.22. The molecule has 0 spiro atoms. The van der Waals surface area contributed by atoms with E-state index in [9.17, 15) is 4.79 Å². The fourth-order valence-electron chi connectivity index (χ4n) is 1.57. The normalized spacial score (nSPS) is 10.5. The van der Waals surface area contributed by atoms with Crippen LogP contribution in [-0.2, 0) is 13.5 Å². The predicted octanol–water partition coefficient (Wildman–Crippen LogP) is 1.27. The molecule has 0 saturated carbocycles. The average Bonchev–Trinajstić information content (AvgIpc) is 2.87. The molecule has 0 unspecified atom stereocenters. The van der Waals surface area contributed by atoms with E-state index in [0.29, 0.717) is 22.9 Å². The first-order chi connectivity index (χ1) is 8.13. The summed E-state index contributed by atoms with van der Waals surface area (Å²) in [5.74, 6) is -0.285. The standard InChI is InChI=1S/C10H13N5OS/c1-3-6-7(11)8(15(2)14-6)9(16)13-10-12-4-5-17-10/h4-5H,3,11H2,1-2H3,(H,12,13,16). The molecule has 17 heavy (non-hydrogen) atoms. The van der Waals surface area contributed by atoms with E-state index >= 15 is 0 Å². The lowest BCUT2D eigenvalue weighted by Crippen LogP contribution is -2.17. The average molecular weight is 251 g/mol. The zero-order valence-corrected chi connectivity index (χ0v) is 10.4. The Bertz CT molecular complexity index is 531. The summed E-state index contributed by atoms with van der Waals surface area (Å²) in [7, 11) is 1.70. The van der Waals surface area contributed by atoms with Crippen molar-refractivity contribution in [2.24, 2.45) is 7.05 Å². The zero-order chi connectivity index (χ0) is 12.4. The number of nitrogens with one attached hydrogen (secondary N) is 1. The van der Waals surface area contributed by atoms with Crippen molar-refractivity contribution >= 4 is 28.1 Å². The summed E-state index contributed by atoms with van der Waals surface area (Å²) in [6.07, 6.45) is 2.33. The molecule has 2 aromatic heterocycles. The molecule has 0 aliphatic heterocycles. The molecule has 2 rings (SSSR count). The molecule has 0 radical (unpaired) electrons. The molecule has 0 bridgehead atoms. The Hall–Kier alpha value is -1.89. The Morgan fingerprint density at radius 1 is 1.65 bits per heavy atom. The highest BCUT2D eigenvalue weighted by Gasteiger charge is 2.19. The number of nitrogens with zero attached hydrogens (tertiary/aromatic N) is 3. The van der Waals surface area contributed by atoms with Crippen LogP contribution in [-0.4, -0.2) is 20.7 Å². The Morgan fingerprint density at radius 3 is 2.94 bits per heavy atom. The summed E-state index contributed by atoms with van der Waals surface area (Å²) in [5.41, 5.74) is 7.42. The third kappa shape index (κ3) is 2.14. The fraction of sp³-hybridized carbons (Fsp3) is 0.300.